The molecule has 0 saturated carbocycles. The summed E-state index contributed by atoms with van der Waals surface area (Å²) in [6.45, 7) is 5.76. The second-order valence-electron chi connectivity index (χ2n) is 7.13. The van der Waals surface area contributed by atoms with Gasteiger partial charge in [-0.05, 0) is 23.3 Å². The fraction of sp³-hybridized carbons (Fsp3) is 0.375. The quantitative estimate of drug-likeness (QED) is 0.423. The summed E-state index contributed by atoms with van der Waals surface area (Å²) in [5.41, 5.74) is 3.36. The van der Waals surface area contributed by atoms with Crippen LogP contribution in [0.25, 0.3) is 11.0 Å². The molecule has 1 heterocycles. The predicted octanol–water partition coefficient (Wildman–Crippen LogP) is 3.28. The molecule has 30 heavy (non-hydrogen) atoms. The Kier molecular flexibility index (Phi) is 8.90. The van der Waals surface area contributed by atoms with Gasteiger partial charge in [0, 0.05) is 38.4 Å². The third-order valence-electron chi connectivity index (χ3n) is 4.60. The van der Waals surface area contributed by atoms with Gasteiger partial charge in [-0.3, -0.25) is 4.79 Å². The highest BCUT2D eigenvalue weighted by Gasteiger charge is 2.06. The van der Waals surface area contributed by atoms with E-state index in [9.17, 15) is 4.79 Å². The summed E-state index contributed by atoms with van der Waals surface area (Å²) in [6.07, 6.45) is 0.803. The van der Waals surface area contributed by atoms with E-state index in [1.807, 2.05) is 18.2 Å². The summed E-state index contributed by atoms with van der Waals surface area (Å²) in [5, 5.41) is 7.19. The van der Waals surface area contributed by atoms with E-state index in [1.165, 1.54) is 18.1 Å². The molecule has 0 aliphatic carbocycles. The molecular formula is C24H30N2O4. The Morgan fingerprint density at radius 2 is 1.67 bits per heavy atom. The molecule has 160 valence electrons. The molecule has 2 N–H and O–H groups in total. The van der Waals surface area contributed by atoms with Crippen LogP contribution in [-0.2, 0) is 27.2 Å². The monoisotopic (exact) mass is 410 g/mol. The van der Waals surface area contributed by atoms with Crippen LogP contribution in [-0.4, -0.2) is 45.4 Å². The van der Waals surface area contributed by atoms with E-state index in [0.29, 0.717) is 33.0 Å². The van der Waals surface area contributed by atoms with Gasteiger partial charge >= 0.3 is 0 Å². The molecular weight excluding hydrogens is 380 g/mol. The molecule has 0 aliphatic rings. The second-order valence-corrected chi connectivity index (χ2v) is 7.13. The maximum atomic E-state index is 10.7. The van der Waals surface area contributed by atoms with Gasteiger partial charge in [-0.2, -0.15) is 0 Å². The van der Waals surface area contributed by atoms with Crippen LogP contribution in [0.4, 0.5) is 0 Å². The first-order chi connectivity index (χ1) is 14.7. The molecule has 0 fully saturated rings. The Balaban J connectivity index is 1.31. The average molecular weight is 411 g/mol. The molecule has 0 atom stereocenters. The molecule has 1 amide bonds. The molecule has 1 aromatic heterocycles. The zero-order valence-corrected chi connectivity index (χ0v) is 17.5. The highest BCUT2D eigenvalue weighted by atomic mass is 16.5. The van der Waals surface area contributed by atoms with Gasteiger partial charge in [-0.15, -0.1) is 0 Å². The summed E-state index contributed by atoms with van der Waals surface area (Å²) in [5.74, 6) is 0.939. The number of furan rings is 1. The van der Waals surface area contributed by atoms with Crippen molar-refractivity contribution >= 4 is 16.9 Å². The zero-order chi connectivity index (χ0) is 21.0. The second kappa shape index (κ2) is 12.1. The van der Waals surface area contributed by atoms with Crippen molar-refractivity contribution in [1.29, 1.82) is 0 Å². The highest BCUT2D eigenvalue weighted by Crippen LogP contribution is 2.22. The van der Waals surface area contributed by atoms with Crippen molar-refractivity contribution in [2.75, 3.05) is 39.5 Å². The molecule has 0 unspecified atom stereocenters. The largest absolute Gasteiger partial charge is 0.461 e. The van der Waals surface area contributed by atoms with Gasteiger partial charge in [-0.25, -0.2) is 0 Å². The number of fused-ring (bicyclic) bond motifs is 1. The third-order valence-corrected chi connectivity index (χ3v) is 4.60. The summed E-state index contributed by atoms with van der Waals surface area (Å²) >= 11 is 0. The van der Waals surface area contributed by atoms with Gasteiger partial charge in [0.15, 0.2) is 0 Å². The molecule has 0 radical (unpaired) electrons. The SMILES string of the molecule is CC(=O)NCCOCCOCCNCc1ccc2cc(Cc3ccccc3)oc2c1. The van der Waals surface area contributed by atoms with Crippen molar-refractivity contribution in [1.82, 2.24) is 10.6 Å². The van der Waals surface area contributed by atoms with Crippen LogP contribution in [0.1, 0.15) is 23.8 Å². The molecule has 6 heteroatoms. The van der Waals surface area contributed by atoms with Crippen molar-refractivity contribution in [2.24, 2.45) is 0 Å². The van der Waals surface area contributed by atoms with Crippen LogP contribution < -0.4 is 10.6 Å². The Hall–Kier alpha value is -2.67. The van der Waals surface area contributed by atoms with E-state index < -0.39 is 0 Å². The highest BCUT2D eigenvalue weighted by molar-refractivity contribution is 5.78. The summed E-state index contributed by atoms with van der Waals surface area (Å²) in [6, 6.07) is 18.8. The Bertz CT molecular complexity index is 908. The first kappa shape index (κ1) is 22.0. The number of benzene rings is 2. The number of carbonyl (C=O) groups is 1. The number of nitrogens with one attached hydrogen (secondary N) is 2. The van der Waals surface area contributed by atoms with Gasteiger partial charge < -0.3 is 24.5 Å². The number of hydrogen-bond donors (Lipinski definition) is 2. The lowest BCUT2D eigenvalue weighted by Gasteiger charge is -2.07. The van der Waals surface area contributed by atoms with E-state index in [1.54, 1.807) is 0 Å². The van der Waals surface area contributed by atoms with Gasteiger partial charge in [-0.1, -0.05) is 42.5 Å². The number of hydrogen-bond acceptors (Lipinski definition) is 5. The number of rotatable bonds is 13. The minimum atomic E-state index is -0.0419. The summed E-state index contributed by atoms with van der Waals surface area (Å²) < 4.78 is 16.9. The fourth-order valence-corrected chi connectivity index (χ4v) is 3.12. The Morgan fingerprint density at radius 3 is 2.43 bits per heavy atom. The smallest absolute Gasteiger partial charge is 0.216 e. The molecule has 0 bridgehead atoms. The van der Waals surface area contributed by atoms with Crippen LogP contribution in [0.5, 0.6) is 0 Å². The minimum absolute atomic E-state index is 0.0419. The van der Waals surface area contributed by atoms with Crippen LogP contribution in [0, 0.1) is 0 Å². The maximum absolute atomic E-state index is 10.7. The summed E-state index contributed by atoms with van der Waals surface area (Å²) in [7, 11) is 0. The number of amides is 1. The lowest BCUT2D eigenvalue weighted by molar-refractivity contribution is -0.119. The van der Waals surface area contributed by atoms with Gasteiger partial charge in [0.05, 0.1) is 26.4 Å². The van der Waals surface area contributed by atoms with Gasteiger partial charge in [0.2, 0.25) is 5.91 Å². The predicted molar refractivity (Wildman–Crippen MR) is 117 cm³/mol. The van der Waals surface area contributed by atoms with Crippen LogP contribution in [0.3, 0.4) is 0 Å². The molecule has 2 aromatic carbocycles. The van der Waals surface area contributed by atoms with E-state index >= 15 is 0 Å². The lowest BCUT2D eigenvalue weighted by Crippen LogP contribution is -2.25. The van der Waals surface area contributed by atoms with Crippen molar-refractivity contribution in [2.45, 2.75) is 19.9 Å². The van der Waals surface area contributed by atoms with Crippen molar-refractivity contribution in [3.8, 4) is 0 Å². The van der Waals surface area contributed by atoms with Crippen LogP contribution in [0.15, 0.2) is 59.0 Å². The minimum Gasteiger partial charge on any atom is -0.461 e. The van der Waals surface area contributed by atoms with Crippen LogP contribution >= 0.6 is 0 Å². The summed E-state index contributed by atoms with van der Waals surface area (Å²) in [4.78, 5) is 10.7. The van der Waals surface area contributed by atoms with Crippen molar-refractivity contribution in [3.63, 3.8) is 0 Å². The lowest BCUT2D eigenvalue weighted by atomic mass is 10.1. The van der Waals surface area contributed by atoms with Gasteiger partial charge in [0.25, 0.3) is 0 Å². The first-order valence-electron chi connectivity index (χ1n) is 10.4. The van der Waals surface area contributed by atoms with E-state index in [0.717, 1.165) is 36.2 Å². The normalized spacial score (nSPS) is 11.1. The van der Waals surface area contributed by atoms with E-state index in [-0.39, 0.29) is 5.91 Å². The first-order valence-corrected chi connectivity index (χ1v) is 10.4. The zero-order valence-electron chi connectivity index (χ0n) is 17.5. The standard InChI is InChI=1S/C24H30N2O4/c1-19(27)26-10-12-29-14-13-28-11-9-25-18-21-7-8-22-17-23(30-24(22)16-21)15-20-5-3-2-4-6-20/h2-8,16-17,25H,9-15,18H2,1H3,(H,26,27). The van der Waals surface area contributed by atoms with E-state index in [4.69, 9.17) is 13.9 Å². The van der Waals surface area contributed by atoms with Crippen LogP contribution in [0.2, 0.25) is 0 Å². The Morgan fingerprint density at radius 1 is 0.900 bits per heavy atom. The maximum Gasteiger partial charge on any atom is 0.216 e. The number of ether oxygens (including phenoxy) is 2. The van der Waals surface area contributed by atoms with Gasteiger partial charge in [0.1, 0.15) is 11.3 Å². The molecule has 3 rings (SSSR count). The number of carbonyl (C=O) groups excluding carboxylic acids is 1. The molecule has 0 spiro atoms. The fourth-order valence-electron chi connectivity index (χ4n) is 3.12. The molecule has 0 saturated heterocycles. The molecule has 3 aromatic rings. The molecule has 6 nitrogen and oxygen atoms in total. The molecule has 0 aliphatic heterocycles. The van der Waals surface area contributed by atoms with Crippen molar-refractivity contribution < 1.29 is 18.7 Å². The van der Waals surface area contributed by atoms with Crippen molar-refractivity contribution in [3.05, 3.63) is 71.5 Å². The Labute approximate surface area is 177 Å². The third kappa shape index (κ3) is 7.63. The van der Waals surface area contributed by atoms with E-state index in [2.05, 4.69) is 47.0 Å². The average Bonchev–Trinajstić information content (AvgIpc) is 3.14. The topological polar surface area (TPSA) is 72.7 Å².